The van der Waals surface area contributed by atoms with Crippen molar-refractivity contribution >= 4 is 41.7 Å². The van der Waals surface area contributed by atoms with Crippen LogP contribution in [0.4, 0.5) is 22.7 Å². The van der Waals surface area contributed by atoms with E-state index in [2.05, 4.69) is 34.9 Å². The van der Waals surface area contributed by atoms with E-state index in [1.54, 1.807) is 0 Å². The number of nitrogens with one attached hydrogen (secondary N) is 2. The standard InChI is InChI=1S/C36H30N2O2Si/c1-5-13-29(14-6-1)37-31-21-25-33(26-22-31)39-41(35-17-9-3-10-18-35,36-19-11-4-12-20-36)40-34-27-23-32(24-28-34)38-30-15-7-2-8-16-30/h1-28,37-38H. The third-order valence-electron chi connectivity index (χ3n) is 6.66. The molecule has 200 valence electrons. The summed E-state index contributed by atoms with van der Waals surface area (Å²) in [6.45, 7) is 0. The lowest BCUT2D eigenvalue weighted by atomic mass is 10.2. The smallest absolute Gasteiger partial charge is 0.506 e. The fourth-order valence-electron chi connectivity index (χ4n) is 4.66. The molecule has 6 aromatic rings. The lowest BCUT2D eigenvalue weighted by Gasteiger charge is -2.32. The second kappa shape index (κ2) is 12.3. The van der Waals surface area contributed by atoms with Gasteiger partial charge in [-0.25, -0.2) is 0 Å². The van der Waals surface area contributed by atoms with E-state index in [1.165, 1.54) is 0 Å². The van der Waals surface area contributed by atoms with E-state index in [-0.39, 0.29) is 0 Å². The van der Waals surface area contributed by atoms with Crippen LogP contribution < -0.4 is 29.9 Å². The van der Waals surface area contributed by atoms with E-state index < -0.39 is 8.56 Å². The quantitative estimate of drug-likeness (QED) is 0.170. The van der Waals surface area contributed by atoms with Crippen LogP contribution in [0.25, 0.3) is 0 Å². The zero-order valence-corrected chi connectivity index (χ0v) is 23.5. The van der Waals surface area contributed by atoms with Crippen LogP contribution in [0.15, 0.2) is 170 Å². The fourth-order valence-corrected chi connectivity index (χ4v) is 7.70. The van der Waals surface area contributed by atoms with Crippen molar-refractivity contribution in [2.24, 2.45) is 0 Å². The molecular weight excluding hydrogens is 520 g/mol. The molecule has 0 heterocycles. The first-order valence-electron chi connectivity index (χ1n) is 13.6. The summed E-state index contributed by atoms with van der Waals surface area (Å²) in [7, 11) is -3.25. The molecule has 0 radical (unpaired) electrons. The number of hydrogen-bond donors (Lipinski definition) is 2. The van der Waals surface area contributed by atoms with Crippen molar-refractivity contribution in [1.29, 1.82) is 0 Å². The van der Waals surface area contributed by atoms with Crippen molar-refractivity contribution in [3.63, 3.8) is 0 Å². The van der Waals surface area contributed by atoms with Crippen LogP contribution in [0.2, 0.25) is 0 Å². The molecule has 6 rings (SSSR count). The molecular formula is C36H30N2O2Si. The Morgan fingerprint density at radius 3 is 0.951 bits per heavy atom. The van der Waals surface area contributed by atoms with E-state index in [0.29, 0.717) is 0 Å². The minimum atomic E-state index is -3.25. The van der Waals surface area contributed by atoms with Crippen molar-refractivity contribution in [3.8, 4) is 11.5 Å². The van der Waals surface area contributed by atoms with Gasteiger partial charge in [-0.3, -0.25) is 0 Å². The Hall–Kier alpha value is -5.26. The molecule has 0 saturated heterocycles. The normalized spacial score (nSPS) is 10.9. The highest BCUT2D eigenvalue weighted by Crippen LogP contribution is 2.26. The van der Waals surface area contributed by atoms with E-state index in [9.17, 15) is 0 Å². The number of benzene rings is 6. The molecule has 4 nitrogen and oxygen atoms in total. The first kappa shape index (κ1) is 26.0. The van der Waals surface area contributed by atoms with Crippen molar-refractivity contribution in [3.05, 3.63) is 170 Å². The monoisotopic (exact) mass is 550 g/mol. The van der Waals surface area contributed by atoms with Crippen molar-refractivity contribution in [2.45, 2.75) is 0 Å². The van der Waals surface area contributed by atoms with Crippen LogP contribution in [0.1, 0.15) is 0 Å². The largest absolute Gasteiger partial charge is 0.531 e. The summed E-state index contributed by atoms with van der Waals surface area (Å²) in [5.74, 6) is 1.48. The third kappa shape index (κ3) is 6.32. The number of rotatable bonds is 10. The molecule has 0 fully saturated rings. The minimum Gasteiger partial charge on any atom is -0.506 e. The Bertz CT molecular complexity index is 1520. The van der Waals surface area contributed by atoms with Crippen LogP contribution in [-0.2, 0) is 0 Å². The Morgan fingerprint density at radius 2 is 0.610 bits per heavy atom. The van der Waals surface area contributed by atoms with Gasteiger partial charge in [-0.2, -0.15) is 0 Å². The maximum atomic E-state index is 6.98. The van der Waals surface area contributed by atoms with Gasteiger partial charge in [0.2, 0.25) is 0 Å². The topological polar surface area (TPSA) is 42.5 Å². The highest BCUT2D eigenvalue weighted by molar-refractivity contribution is 6.93. The number of para-hydroxylation sites is 2. The van der Waals surface area contributed by atoms with Crippen molar-refractivity contribution in [2.75, 3.05) is 10.6 Å². The average molecular weight is 551 g/mol. The Balaban J connectivity index is 1.33. The first-order chi connectivity index (χ1) is 20.3. The van der Waals surface area contributed by atoms with Crippen LogP contribution in [-0.4, -0.2) is 8.56 Å². The van der Waals surface area contributed by atoms with Gasteiger partial charge in [0, 0.05) is 33.1 Å². The molecule has 41 heavy (non-hydrogen) atoms. The Morgan fingerprint density at radius 1 is 0.317 bits per heavy atom. The van der Waals surface area contributed by atoms with Crippen molar-refractivity contribution in [1.82, 2.24) is 0 Å². The molecule has 0 aliphatic heterocycles. The summed E-state index contributed by atoms with van der Waals surface area (Å²) in [4.78, 5) is 0. The molecule has 0 aliphatic rings. The van der Waals surface area contributed by atoms with Gasteiger partial charge < -0.3 is 19.5 Å². The molecule has 6 aromatic carbocycles. The van der Waals surface area contributed by atoms with Gasteiger partial charge in [0.05, 0.1) is 0 Å². The molecule has 0 amide bonds. The lowest BCUT2D eigenvalue weighted by molar-refractivity contribution is 0.417. The summed E-state index contributed by atoms with van der Waals surface area (Å²) in [6, 6.07) is 56.9. The SMILES string of the molecule is c1ccc(Nc2ccc(O[Si](Oc3ccc(Nc4ccccc4)cc3)(c3ccccc3)c3ccccc3)cc2)cc1. The maximum Gasteiger partial charge on any atom is 0.531 e. The summed E-state index contributed by atoms with van der Waals surface area (Å²) >= 11 is 0. The van der Waals surface area contributed by atoms with Gasteiger partial charge in [-0.15, -0.1) is 0 Å². The molecule has 0 spiro atoms. The van der Waals surface area contributed by atoms with Gasteiger partial charge in [0.25, 0.3) is 0 Å². The molecule has 2 N–H and O–H groups in total. The summed E-state index contributed by atoms with van der Waals surface area (Å²) in [5.41, 5.74) is 4.04. The van der Waals surface area contributed by atoms with Gasteiger partial charge >= 0.3 is 8.56 Å². The van der Waals surface area contributed by atoms with Gasteiger partial charge in [0.15, 0.2) is 0 Å². The maximum absolute atomic E-state index is 6.98. The predicted octanol–water partition coefficient (Wildman–Crippen LogP) is 7.89. The van der Waals surface area contributed by atoms with Crippen molar-refractivity contribution < 1.29 is 8.85 Å². The van der Waals surface area contributed by atoms with E-state index in [1.807, 2.05) is 146 Å². The zero-order valence-electron chi connectivity index (χ0n) is 22.5. The van der Waals surface area contributed by atoms with Gasteiger partial charge in [0.1, 0.15) is 11.5 Å². The van der Waals surface area contributed by atoms with E-state index in [4.69, 9.17) is 8.85 Å². The fraction of sp³-hybridized carbons (Fsp3) is 0. The first-order valence-corrected chi connectivity index (χ1v) is 15.4. The highest BCUT2D eigenvalue weighted by atomic mass is 28.4. The predicted molar refractivity (Wildman–Crippen MR) is 171 cm³/mol. The molecule has 5 heteroatoms. The van der Waals surface area contributed by atoms with E-state index in [0.717, 1.165) is 44.6 Å². The molecule has 0 aromatic heterocycles. The molecule has 0 unspecified atom stereocenters. The Labute approximate surface area is 242 Å². The summed E-state index contributed by atoms with van der Waals surface area (Å²) < 4.78 is 14.0. The highest BCUT2D eigenvalue weighted by Gasteiger charge is 2.47. The van der Waals surface area contributed by atoms with Crippen LogP contribution >= 0.6 is 0 Å². The number of hydrogen-bond acceptors (Lipinski definition) is 4. The van der Waals surface area contributed by atoms with Crippen LogP contribution in [0, 0.1) is 0 Å². The number of anilines is 4. The molecule has 0 saturated carbocycles. The lowest BCUT2D eigenvalue weighted by Crippen LogP contribution is -2.68. The molecule has 0 bridgehead atoms. The van der Waals surface area contributed by atoms with Gasteiger partial charge in [-0.05, 0) is 72.8 Å². The van der Waals surface area contributed by atoms with Crippen LogP contribution in [0.3, 0.4) is 0 Å². The molecule has 0 aliphatic carbocycles. The minimum absolute atomic E-state index is 0.741. The van der Waals surface area contributed by atoms with Gasteiger partial charge in [-0.1, -0.05) is 97.1 Å². The Kier molecular flexibility index (Phi) is 7.78. The molecule has 0 atom stereocenters. The van der Waals surface area contributed by atoms with Crippen LogP contribution in [0.5, 0.6) is 11.5 Å². The van der Waals surface area contributed by atoms with E-state index >= 15 is 0 Å². The second-order valence-corrected chi connectivity index (χ2v) is 12.4. The second-order valence-electron chi connectivity index (χ2n) is 9.58. The average Bonchev–Trinajstić information content (AvgIpc) is 3.04. The summed E-state index contributed by atoms with van der Waals surface area (Å²) in [5, 5.41) is 8.91. The third-order valence-corrected chi connectivity index (χ3v) is 9.90. The zero-order chi connectivity index (χ0) is 27.7. The summed E-state index contributed by atoms with van der Waals surface area (Å²) in [6.07, 6.45) is 0.